The van der Waals surface area contributed by atoms with E-state index in [0.717, 1.165) is 0 Å². The van der Waals surface area contributed by atoms with E-state index in [2.05, 4.69) is 10.3 Å². The van der Waals surface area contributed by atoms with Gasteiger partial charge in [0.15, 0.2) is 11.6 Å². The summed E-state index contributed by atoms with van der Waals surface area (Å²) < 4.78 is 0. The molecule has 6 N–H and O–H groups in total. The number of ketones is 2. The lowest BCUT2D eigenvalue weighted by Gasteiger charge is -2.41. The van der Waals surface area contributed by atoms with Crippen LogP contribution in [0.25, 0.3) is 17.0 Å². The molecule has 5 rings (SSSR count). The van der Waals surface area contributed by atoms with Crippen molar-refractivity contribution < 1.29 is 29.7 Å². The van der Waals surface area contributed by atoms with Crippen LogP contribution < -0.4 is 11.1 Å². The number of Topliss-reactive ketones (excluding diaryl/α,β-unsaturated/α-hetero) is 2. The number of phenols is 1. The van der Waals surface area contributed by atoms with E-state index < -0.39 is 46.6 Å². The first kappa shape index (κ1) is 23.6. The molecule has 186 valence electrons. The van der Waals surface area contributed by atoms with E-state index in [9.17, 15) is 29.7 Å². The zero-order valence-electron chi connectivity index (χ0n) is 19.9. The SMILES string of the molecule is CC(C)Nc1cc(-c2ccccn2)c2c(c1O)C(O)=C1C(=O)C3C(O)=C(C(N)=O)C(=O)CC3CC1C2. The van der Waals surface area contributed by atoms with Gasteiger partial charge in [-0.1, -0.05) is 6.07 Å². The number of benzene rings is 1. The third-order valence-electron chi connectivity index (χ3n) is 7.27. The van der Waals surface area contributed by atoms with Crippen molar-refractivity contribution in [3.63, 3.8) is 0 Å². The number of nitrogens with two attached hydrogens (primary N) is 1. The number of aliphatic hydroxyl groups excluding tert-OH is 2. The second-order valence-corrected chi connectivity index (χ2v) is 9.94. The Morgan fingerprint density at radius 1 is 1.17 bits per heavy atom. The van der Waals surface area contributed by atoms with Crippen molar-refractivity contribution in [2.75, 3.05) is 5.32 Å². The summed E-state index contributed by atoms with van der Waals surface area (Å²) in [4.78, 5) is 42.4. The summed E-state index contributed by atoms with van der Waals surface area (Å²) >= 11 is 0. The number of nitrogens with zero attached hydrogens (tertiary/aromatic N) is 1. The summed E-state index contributed by atoms with van der Waals surface area (Å²) in [6.45, 7) is 3.82. The molecule has 1 fully saturated rings. The van der Waals surface area contributed by atoms with Gasteiger partial charge in [0.25, 0.3) is 5.91 Å². The highest BCUT2D eigenvalue weighted by molar-refractivity contribution is 6.21. The molecule has 1 saturated carbocycles. The smallest absolute Gasteiger partial charge is 0.255 e. The highest BCUT2D eigenvalue weighted by atomic mass is 16.3. The summed E-state index contributed by atoms with van der Waals surface area (Å²) in [5.74, 6) is -5.52. The first-order valence-corrected chi connectivity index (χ1v) is 11.9. The maximum Gasteiger partial charge on any atom is 0.255 e. The van der Waals surface area contributed by atoms with E-state index in [-0.39, 0.29) is 35.1 Å². The largest absolute Gasteiger partial charge is 0.511 e. The number of allylic oxidation sites excluding steroid dienone is 2. The molecule has 3 aliphatic carbocycles. The maximum atomic E-state index is 13.6. The molecule has 0 radical (unpaired) electrons. The average molecular weight is 490 g/mol. The fourth-order valence-corrected chi connectivity index (χ4v) is 5.88. The van der Waals surface area contributed by atoms with Gasteiger partial charge in [0.05, 0.1) is 22.9 Å². The standard InChI is InChI=1S/C27H27N3O6/c1-11(2)30-17-10-14(16-5-3-4-6-29-16)15-8-12-7-13-9-18(31)22(27(28)36)26(35)20(13)24(33)19(12)25(34)21(15)23(17)32/h3-6,10-13,20,30,32,34-35H,7-9H2,1-2H3,(H2,28,36). The number of aromatic nitrogens is 1. The van der Waals surface area contributed by atoms with Crippen LogP contribution in [0.5, 0.6) is 5.75 Å². The molecule has 0 spiro atoms. The second-order valence-electron chi connectivity index (χ2n) is 9.94. The Bertz CT molecular complexity index is 1380. The topological polar surface area (TPSA) is 163 Å². The molecule has 9 nitrogen and oxygen atoms in total. The van der Waals surface area contributed by atoms with Crippen molar-refractivity contribution in [3.8, 4) is 17.0 Å². The predicted molar refractivity (Wildman–Crippen MR) is 132 cm³/mol. The third kappa shape index (κ3) is 3.54. The van der Waals surface area contributed by atoms with Crippen LogP contribution in [0, 0.1) is 17.8 Å². The molecule has 1 amide bonds. The van der Waals surface area contributed by atoms with Gasteiger partial charge in [-0.15, -0.1) is 0 Å². The van der Waals surface area contributed by atoms with Crippen LogP contribution in [0.15, 0.2) is 47.4 Å². The molecule has 3 aliphatic rings. The number of anilines is 1. The number of primary amides is 1. The molecule has 9 heteroatoms. The van der Waals surface area contributed by atoms with Crippen molar-refractivity contribution in [2.45, 2.75) is 39.2 Å². The first-order chi connectivity index (χ1) is 17.1. The number of aliphatic hydroxyl groups is 2. The molecule has 1 aromatic heterocycles. The number of hydrogen-bond acceptors (Lipinski definition) is 8. The molecule has 0 saturated heterocycles. The summed E-state index contributed by atoms with van der Waals surface area (Å²) in [5, 5.41) is 36.5. The maximum absolute atomic E-state index is 13.6. The van der Waals surface area contributed by atoms with Gasteiger partial charge < -0.3 is 26.4 Å². The van der Waals surface area contributed by atoms with Gasteiger partial charge in [0.1, 0.15) is 22.8 Å². The normalized spacial score (nSPS) is 23.4. The van der Waals surface area contributed by atoms with Crippen LogP contribution in [-0.2, 0) is 20.8 Å². The molecule has 2 aromatic rings. The van der Waals surface area contributed by atoms with Gasteiger partial charge in [-0.25, -0.2) is 0 Å². The van der Waals surface area contributed by atoms with Crippen LogP contribution in [0.3, 0.4) is 0 Å². The molecule has 0 bridgehead atoms. The summed E-state index contributed by atoms with van der Waals surface area (Å²) in [6, 6.07) is 7.23. The van der Waals surface area contributed by atoms with Gasteiger partial charge in [-0.2, -0.15) is 0 Å². The van der Waals surface area contributed by atoms with Gasteiger partial charge in [-0.3, -0.25) is 19.4 Å². The van der Waals surface area contributed by atoms with E-state index >= 15 is 0 Å². The lowest BCUT2D eigenvalue weighted by Crippen LogP contribution is -2.44. The fourth-order valence-electron chi connectivity index (χ4n) is 5.88. The number of fused-ring (bicyclic) bond motifs is 3. The van der Waals surface area contributed by atoms with Gasteiger partial charge in [-0.05, 0) is 62.3 Å². The Kier molecular flexibility index (Phi) is 5.58. The van der Waals surface area contributed by atoms with E-state index in [1.54, 1.807) is 18.3 Å². The summed E-state index contributed by atoms with van der Waals surface area (Å²) in [6.07, 6.45) is 2.23. The Morgan fingerprint density at radius 3 is 2.56 bits per heavy atom. The van der Waals surface area contributed by atoms with Crippen LogP contribution in [-0.4, -0.2) is 43.8 Å². The van der Waals surface area contributed by atoms with Gasteiger partial charge in [0, 0.05) is 29.8 Å². The lowest BCUT2D eigenvalue weighted by molar-refractivity contribution is -0.127. The molecule has 1 aromatic carbocycles. The van der Waals surface area contributed by atoms with Gasteiger partial charge >= 0.3 is 0 Å². The number of amides is 1. The van der Waals surface area contributed by atoms with Crippen LogP contribution in [0.2, 0.25) is 0 Å². The van der Waals surface area contributed by atoms with Crippen molar-refractivity contribution >= 4 is 28.9 Å². The molecule has 3 atom stereocenters. The Balaban J connectivity index is 1.72. The monoisotopic (exact) mass is 489 g/mol. The quantitative estimate of drug-likeness (QED) is 0.323. The van der Waals surface area contributed by atoms with Crippen LogP contribution in [0.4, 0.5) is 5.69 Å². The molecular weight excluding hydrogens is 462 g/mol. The first-order valence-electron chi connectivity index (χ1n) is 11.9. The van der Waals surface area contributed by atoms with E-state index in [1.807, 2.05) is 26.0 Å². The highest BCUT2D eigenvalue weighted by Gasteiger charge is 2.51. The van der Waals surface area contributed by atoms with Crippen molar-refractivity contribution in [1.29, 1.82) is 0 Å². The minimum atomic E-state index is -1.14. The van der Waals surface area contributed by atoms with E-state index in [1.165, 1.54) is 0 Å². The highest BCUT2D eigenvalue weighted by Crippen LogP contribution is 2.52. The number of carbonyl (C=O) groups is 3. The van der Waals surface area contributed by atoms with E-state index in [4.69, 9.17) is 5.73 Å². The molecule has 0 aliphatic heterocycles. The van der Waals surface area contributed by atoms with Crippen molar-refractivity contribution in [1.82, 2.24) is 4.98 Å². The number of aromatic hydroxyl groups is 1. The number of hydrogen-bond donors (Lipinski definition) is 5. The molecule has 1 heterocycles. The zero-order valence-corrected chi connectivity index (χ0v) is 19.9. The summed E-state index contributed by atoms with van der Waals surface area (Å²) in [5.41, 5.74) is 7.36. The van der Waals surface area contributed by atoms with Crippen LogP contribution in [0.1, 0.15) is 37.8 Å². The predicted octanol–water partition coefficient (Wildman–Crippen LogP) is 3.19. The number of rotatable bonds is 4. The number of phenolic OH excluding ortho intramolecular Hbond substituents is 1. The molecule has 3 unspecified atom stereocenters. The summed E-state index contributed by atoms with van der Waals surface area (Å²) in [7, 11) is 0. The third-order valence-corrected chi connectivity index (χ3v) is 7.27. The van der Waals surface area contributed by atoms with Gasteiger partial charge in [0.2, 0.25) is 0 Å². The Hall–Kier alpha value is -4.14. The molecular formula is C27H27N3O6. The minimum absolute atomic E-state index is 0.0252. The van der Waals surface area contributed by atoms with Crippen LogP contribution >= 0.6 is 0 Å². The Labute approximate surface area is 207 Å². The van der Waals surface area contributed by atoms with E-state index in [0.29, 0.717) is 35.3 Å². The van der Waals surface area contributed by atoms with Crippen molar-refractivity contribution in [3.05, 3.63) is 58.5 Å². The average Bonchev–Trinajstić information content (AvgIpc) is 2.80. The number of nitrogens with one attached hydrogen (secondary N) is 1. The number of carbonyl (C=O) groups excluding carboxylic acids is 3. The Morgan fingerprint density at radius 2 is 1.92 bits per heavy atom. The minimum Gasteiger partial charge on any atom is -0.511 e. The van der Waals surface area contributed by atoms with Crippen molar-refractivity contribution in [2.24, 2.45) is 23.5 Å². The zero-order chi connectivity index (χ0) is 25.9. The number of pyridine rings is 1. The fraction of sp³-hybridized carbons (Fsp3) is 0.333. The second kappa shape index (κ2) is 8.51. The lowest BCUT2D eigenvalue weighted by atomic mass is 9.61. The molecule has 36 heavy (non-hydrogen) atoms.